The summed E-state index contributed by atoms with van der Waals surface area (Å²) in [6.07, 6.45) is 0.628. The van der Waals surface area contributed by atoms with Crippen LogP contribution in [0.4, 0.5) is 0 Å². The zero-order valence-electron chi connectivity index (χ0n) is 8.79. The van der Waals surface area contributed by atoms with E-state index in [-0.39, 0.29) is 23.8 Å². The molecule has 0 saturated heterocycles. The van der Waals surface area contributed by atoms with Crippen molar-refractivity contribution in [3.05, 3.63) is 0 Å². The summed E-state index contributed by atoms with van der Waals surface area (Å²) in [7, 11) is 0. The second kappa shape index (κ2) is 6.22. The maximum absolute atomic E-state index is 11.1. The lowest BCUT2D eigenvalue weighted by Crippen LogP contribution is -2.33. The van der Waals surface area contributed by atoms with E-state index in [1.807, 2.05) is 27.7 Å². The van der Waals surface area contributed by atoms with Crippen LogP contribution in [-0.4, -0.2) is 18.6 Å². The van der Waals surface area contributed by atoms with Gasteiger partial charge in [0.05, 0.1) is 6.61 Å². The van der Waals surface area contributed by atoms with Crippen LogP contribution in [0, 0.1) is 5.41 Å². The average Bonchev–Trinajstić information content (AvgIpc) is 1.97. The topological polar surface area (TPSA) is 52.3 Å². The van der Waals surface area contributed by atoms with E-state index in [4.69, 9.17) is 10.5 Å². The van der Waals surface area contributed by atoms with Gasteiger partial charge in [-0.15, -0.1) is 12.4 Å². The van der Waals surface area contributed by atoms with Crippen molar-refractivity contribution in [3.63, 3.8) is 0 Å². The number of carbonyl (C=O) groups is 1. The molecular formula is C9H20ClNO2. The monoisotopic (exact) mass is 209 g/mol. The van der Waals surface area contributed by atoms with Gasteiger partial charge in [-0.1, -0.05) is 27.7 Å². The van der Waals surface area contributed by atoms with Crippen molar-refractivity contribution >= 4 is 18.4 Å². The first-order valence-corrected chi connectivity index (χ1v) is 4.29. The SMILES string of the molecule is CCC(N)C(=O)OCC(C)(C)C.Cl. The van der Waals surface area contributed by atoms with Gasteiger partial charge >= 0.3 is 5.97 Å². The van der Waals surface area contributed by atoms with Crippen molar-refractivity contribution in [2.75, 3.05) is 6.61 Å². The second-order valence-electron chi connectivity index (χ2n) is 4.18. The zero-order valence-corrected chi connectivity index (χ0v) is 9.61. The largest absolute Gasteiger partial charge is 0.464 e. The van der Waals surface area contributed by atoms with Crippen LogP contribution in [-0.2, 0) is 9.53 Å². The van der Waals surface area contributed by atoms with Gasteiger partial charge in [0.15, 0.2) is 0 Å². The Morgan fingerprint density at radius 1 is 1.46 bits per heavy atom. The fourth-order valence-corrected chi connectivity index (χ4v) is 0.561. The van der Waals surface area contributed by atoms with E-state index in [0.717, 1.165) is 0 Å². The minimum atomic E-state index is -0.465. The highest BCUT2D eigenvalue weighted by Crippen LogP contribution is 2.13. The number of hydrogen-bond acceptors (Lipinski definition) is 3. The molecule has 0 radical (unpaired) electrons. The van der Waals surface area contributed by atoms with E-state index in [1.54, 1.807) is 0 Å². The normalized spacial score (nSPS) is 13.0. The first-order chi connectivity index (χ1) is 5.37. The van der Waals surface area contributed by atoms with Crippen molar-refractivity contribution in [3.8, 4) is 0 Å². The third-order valence-corrected chi connectivity index (χ3v) is 1.39. The Labute approximate surface area is 86.4 Å². The Bertz CT molecular complexity index is 154. The number of ether oxygens (including phenoxy) is 1. The lowest BCUT2D eigenvalue weighted by molar-refractivity contribution is -0.148. The molecule has 4 heteroatoms. The summed E-state index contributed by atoms with van der Waals surface area (Å²) in [5.41, 5.74) is 5.49. The summed E-state index contributed by atoms with van der Waals surface area (Å²) in [5, 5.41) is 0. The van der Waals surface area contributed by atoms with E-state index < -0.39 is 6.04 Å². The Balaban J connectivity index is 0. The Morgan fingerprint density at radius 3 is 2.23 bits per heavy atom. The van der Waals surface area contributed by atoms with Crippen LogP contribution in [0.3, 0.4) is 0 Å². The Morgan fingerprint density at radius 2 is 1.92 bits per heavy atom. The van der Waals surface area contributed by atoms with Crippen LogP contribution >= 0.6 is 12.4 Å². The molecule has 0 bridgehead atoms. The highest BCUT2D eigenvalue weighted by atomic mass is 35.5. The predicted molar refractivity (Wildman–Crippen MR) is 55.9 cm³/mol. The number of hydrogen-bond donors (Lipinski definition) is 1. The van der Waals surface area contributed by atoms with Gasteiger partial charge in [0.1, 0.15) is 6.04 Å². The first kappa shape index (κ1) is 15.2. The van der Waals surface area contributed by atoms with Gasteiger partial charge < -0.3 is 10.5 Å². The van der Waals surface area contributed by atoms with E-state index in [0.29, 0.717) is 13.0 Å². The van der Waals surface area contributed by atoms with Crippen molar-refractivity contribution in [1.29, 1.82) is 0 Å². The molecule has 0 aromatic heterocycles. The minimum absolute atomic E-state index is 0. The summed E-state index contributed by atoms with van der Waals surface area (Å²) in [4.78, 5) is 11.1. The van der Waals surface area contributed by atoms with Crippen LogP contribution in [0.5, 0.6) is 0 Å². The number of nitrogens with two attached hydrogens (primary N) is 1. The number of halogens is 1. The first-order valence-electron chi connectivity index (χ1n) is 4.29. The van der Waals surface area contributed by atoms with Gasteiger partial charge in [0, 0.05) is 0 Å². The van der Waals surface area contributed by atoms with Gasteiger partial charge in [-0.05, 0) is 11.8 Å². The van der Waals surface area contributed by atoms with Gasteiger partial charge in [-0.25, -0.2) is 0 Å². The fraction of sp³-hybridized carbons (Fsp3) is 0.889. The van der Waals surface area contributed by atoms with Gasteiger partial charge in [-0.3, -0.25) is 4.79 Å². The lowest BCUT2D eigenvalue weighted by atomic mass is 9.99. The summed E-state index contributed by atoms with van der Waals surface area (Å²) in [6, 6.07) is -0.465. The van der Waals surface area contributed by atoms with Crippen molar-refractivity contribution in [1.82, 2.24) is 0 Å². The summed E-state index contributed by atoms with van der Waals surface area (Å²) < 4.78 is 5.00. The van der Waals surface area contributed by atoms with E-state index in [2.05, 4.69) is 0 Å². The smallest absolute Gasteiger partial charge is 0.322 e. The predicted octanol–water partition coefficient (Wildman–Crippen LogP) is 1.73. The average molecular weight is 210 g/mol. The highest BCUT2D eigenvalue weighted by molar-refractivity contribution is 5.85. The van der Waals surface area contributed by atoms with Crippen molar-refractivity contribution in [2.45, 2.75) is 40.2 Å². The van der Waals surface area contributed by atoms with Crippen molar-refractivity contribution < 1.29 is 9.53 Å². The van der Waals surface area contributed by atoms with Gasteiger partial charge in [0.25, 0.3) is 0 Å². The Kier molecular flexibility index (Phi) is 7.27. The van der Waals surface area contributed by atoms with Gasteiger partial charge in [0.2, 0.25) is 0 Å². The molecule has 2 N–H and O–H groups in total. The summed E-state index contributed by atoms with van der Waals surface area (Å²) in [5.74, 6) is -0.299. The number of esters is 1. The maximum Gasteiger partial charge on any atom is 0.322 e. The molecule has 80 valence electrons. The molecule has 0 rings (SSSR count). The Hall–Kier alpha value is -0.280. The van der Waals surface area contributed by atoms with E-state index >= 15 is 0 Å². The lowest BCUT2D eigenvalue weighted by Gasteiger charge is -2.19. The summed E-state index contributed by atoms with van der Waals surface area (Å²) in [6.45, 7) is 8.33. The van der Waals surface area contributed by atoms with Crippen molar-refractivity contribution in [2.24, 2.45) is 11.1 Å². The molecule has 0 spiro atoms. The molecule has 3 nitrogen and oxygen atoms in total. The molecule has 0 aromatic carbocycles. The van der Waals surface area contributed by atoms with Crippen LogP contribution in [0.2, 0.25) is 0 Å². The summed E-state index contributed by atoms with van der Waals surface area (Å²) >= 11 is 0. The highest BCUT2D eigenvalue weighted by Gasteiger charge is 2.17. The van der Waals surface area contributed by atoms with Crippen LogP contribution in [0.1, 0.15) is 34.1 Å². The van der Waals surface area contributed by atoms with E-state index in [9.17, 15) is 4.79 Å². The van der Waals surface area contributed by atoms with Crippen LogP contribution in [0.25, 0.3) is 0 Å². The minimum Gasteiger partial charge on any atom is -0.464 e. The third-order valence-electron chi connectivity index (χ3n) is 1.39. The second-order valence-corrected chi connectivity index (χ2v) is 4.18. The molecule has 0 aliphatic heterocycles. The number of carbonyl (C=O) groups excluding carboxylic acids is 1. The molecule has 1 unspecified atom stereocenters. The maximum atomic E-state index is 11.1. The molecule has 0 aliphatic rings. The van der Waals surface area contributed by atoms with Gasteiger partial charge in [-0.2, -0.15) is 0 Å². The molecular weight excluding hydrogens is 190 g/mol. The molecule has 0 aromatic rings. The molecule has 0 saturated carbocycles. The molecule has 0 heterocycles. The molecule has 0 amide bonds. The molecule has 1 atom stereocenters. The van der Waals surface area contributed by atoms with Crippen LogP contribution in [0.15, 0.2) is 0 Å². The third kappa shape index (κ3) is 8.06. The molecule has 0 fully saturated rings. The standard InChI is InChI=1S/C9H19NO2.ClH/c1-5-7(10)8(11)12-6-9(2,3)4;/h7H,5-6,10H2,1-4H3;1H. The van der Waals surface area contributed by atoms with Crippen LogP contribution < -0.4 is 5.73 Å². The zero-order chi connectivity index (χ0) is 9.78. The molecule has 0 aliphatic carbocycles. The van der Waals surface area contributed by atoms with E-state index in [1.165, 1.54) is 0 Å². The fourth-order valence-electron chi connectivity index (χ4n) is 0.561. The molecule has 13 heavy (non-hydrogen) atoms. The quantitative estimate of drug-likeness (QED) is 0.721. The number of rotatable bonds is 3.